The Morgan fingerprint density at radius 1 is 0.971 bits per heavy atom. The molecule has 3 aromatic heterocycles. The maximum Gasteiger partial charge on any atom is 0.235 e. The van der Waals surface area contributed by atoms with Crippen molar-refractivity contribution >= 4 is 28.7 Å². The Balaban J connectivity index is 1.25. The fraction of sp³-hybridized carbons (Fsp3) is 0.154. The van der Waals surface area contributed by atoms with Crippen LogP contribution in [0.1, 0.15) is 18.4 Å². The molecule has 1 saturated carbocycles. The smallest absolute Gasteiger partial charge is 0.235 e. The molecule has 5 aromatic rings. The summed E-state index contributed by atoms with van der Waals surface area (Å²) in [6.07, 6.45) is 8.99. The highest BCUT2D eigenvalue weighted by Crippen LogP contribution is 2.49. The third kappa shape index (κ3) is 3.54. The Labute approximate surface area is 201 Å². The molecule has 168 valence electrons. The minimum Gasteiger partial charge on any atom is -0.325 e. The number of carbonyl (C=O) groups excluding carboxylic acids is 1. The van der Waals surface area contributed by atoms with Crippen LogP contribution in [0.25, 0.3) is 27.9 Å². The van der Waals surface area contributed by atoms with E-state index in [1.165, 1.54) is 0 Å². The predicted molar refractivity (Wildman–Crippen MR) is 132 cm³/mol. The lowest BCUT2D eigenvalue weighted by Gasteiger charge is -2.16. The minimum atomic E-state index is -0.462. The highest BCUT2D eigenvalue weighted by atomic mass is 35.5. The molecule has 0 aliphatic heterocycles. The number of fused-ring (bicyclic) bond motifs is 1. The monoisotopic (exact) mass is 468 g/mol. The molecule has 7 nitrogen and oxygen atoms in total. The van der Waals surface area contributed by atoms with Crippen LogP contribution in [-0.2, 0) is 17.3 Å². The zero-order valence-corrected chi connectivity index (χ0v) is 19.2. The largest absolute Gasteiger partial charge is 0.325 e. The Bertz CT molecular complexity index is 1510. The fourth-order valence-corrected chi connectivity index (χ4v) is 4.51. The lowest BCUT2D eigenvalue weighted by Crippen LogP contribution is -2.27. The summed E-state index contributed by atoms with van der Waals surface area (Å²) in [5.41, 5.74) is 6.01. The van der Waals surface area contributed by atoms with Crippen molar-refractivity contribution in [2.45, 2.75) is 18.3 Å². The molecule has 8 heteroatoms. The summed E-state index contributed by atoms with van der Waals surface area (Å²) in [7, 11) is 1.89. The summed E-state index contributed by atoms with van der Waals surface area (Å²) in [5, 5.41) is 12.4. The molecule has 2 aromatic carbocycles. The van der Waals surface area contributed by atoms with Crippen LogP contribution in [0.4, 0.5) is 5.69 Å². The van der Waals surface area contributed by atoms with Crippen molar-refractivity contribution in [1.29, 1.82) is 0 Å². The molecule has 1 aliphatic carbocycles. The van der Waals surface area contributed by atoms with Crippen LogP contribution in [0.2, 0.25) is 5.02 Å². The van der Waals surface area contributed by atoms with Crippen LogP contribution in [0, 0.1) is 0 Å². The molecule has 1 amide bonds. The summed E-state index contributed by atoms with van der Waals surface area (Å²) in [6.45, 7) is 0. The fourth-order valence-electron chi connectivity index (χ4n) is 4.38. The van der Waals surface area contributed by atoms with Crippen LogP contribution in [0.15, 0.2) is 79.5 Å². The number of hydrogen-bond acceptors (Lipinski definition) is 4. The molecule has 0 atom stereocenters. The van der Waals surface area contributed by atoms with Crippen LogP contribution >= 0.6 is 11.6 Å². The first-order valence-electron chi connectivity index (χ1n) is 11.0. The van der Waals surface area contributed by atoms with Crippen LogP contribution < -0.4 is 5.32 Å². The number of rotatable bonds is 5. The van der Waals surface area contributed by atoms with Gasteiger partial charge in [-0.3, -0.25) is 9.48 Å². The number of carbonyl (C=O) groups is 1. The van der Waals surface area contributed by atoms with Crippen molar-refractivity contribution < 1.29 is 4.79 Å². The van der Waals surface area contributed by atoms with Crippen molar-refractivity contribution in [2.24, 2.45) is 7.05 Å². The molecule has 1 aliphatic rings. The zero-order valence-electron chi connectivity index (χ0n) is 18.4. The highest BCUT2D eigenvalue weighted by molar-refractivity contribution is 6.30. The Hall–Kier alpha value is -3.97. The van der Waals surface area contributed by atoms with Gasteiger partial charge >= 0.3 is 0 Å². The second-order valence-corrected chi connectivity index (χ2v) is 9.13. The third-order valence-corrected chi connectivity index (χ3v) is 6.69. The van der Waals surface area contributed by atoms with Gasteiger partial charge in [-0.1, -0.05) is 35.9 Å². The molecule has 0 bridgehead atoms. The van der Waals surface area contributed by atoms with Gasteiger partial charge in [0.1, 0.15) is 6.33 Å². The van der Waals surface area contributed by atoms with Crippen molar-refractivity contribution in [3.05, 3.63) is 90.1 Å². The molecular formula is C26H21ClN6O. The van der Waals surface area contributed by atoms with Gasteiger partial charge in [-0.2, -0.15) is 10.2 Å². The summed E-state index contributed by atoms with van der Waals surface area (Å²) >= 11 is 6.01. The van der Waals surface area contributed by atoms with E-state index in [-0.39, 0.29) is 5.91 Å². The SMILES string of the molecule is Cn1cc(-c2cc3c(-c4ccc(NC(=O)C5(c6ccc(Cl)cc6)CC5)cc4)ncnn3c2)cn1. The van der Waals surface area contributed by atoms with E-state index in [2.05, 4.69) is 26.6 Å². The molecule has 0 saturated heterocycles. The summed E-state index contributed by atoms with van der Waals surface area (Å²) in [4.78, 5) is 17.6. The Morgan fingerprint density at radius 3 is 2.41 bits per heavy atom. The van der Waals surface area contributed by atoms with Crippen molar-refractivity contribution in [3.8, 4) is 22.4 Å². The average Bonchev–Trinajstić information content (AvgIpc) is 3.35. The second-order valence-electron chi connectivity index (χ2n) is 8.69. The average molecular weight is 469 g/mol. The first-order chi connectivity index (χ1) is 16.5. The van der Waals surface area contributed by atoms with Gasteiger partial charge < -0.3 is 5.32 Å². The first kappa shape index (κ1) is 20.6. The van der Waals surface area contributed by atoms with Gasteiger partial charge in [0, 0.05) is 46.8 Å². The van der Waals surface area contributed by atoms with E-state index in [1.54, 1.807) is 11.0 Å². The van der Waals surface area contributed by atoms with Crippen molar-refractivity contribution in [3.63, 3.8) is 0 Å². The molecule has 1 fully saturated rings. The number of aromatic nitrogens is 5. The normalized spacial score (nSPS) is 14.3. The summed E-state index contributed by atoms with van der Waals surface area (Å²) in [5.74, 6) is 0.0136. The van der Waals surface area contributed by atoms with E-state index >= 15 is 0 Å². The van der Waals surface area contributed by atoms with Crippen molar-refractivity contribution in [1.82, 2.24) is 24.4 Å². The van der Waals surface area contributed by atoms with Gasteiger partial charge in [0.15, 0.2) is 0 Å². The molecular weight excluding hydrogens is 448 g/mol. The lowest BCUT2D eigenvalue weighted by atomic mass is 9.95. The second kappa shape index (κ2) is 7.81. The van der Waals surface area contributed by atoms with E-state index < -0.39 is 5.41 Å². The number of anilines is 1. The minimum absolute atomic E-state index is 0.0136. The van der Waals surface area contributed by atoms with E-state index in [1.807, 2.05) is 78.7 Å². The molecule has 6 rings (SSSR count). The van der Waals surface area contributed by atoms with E-state index in [0.717, 1.165) is 52.0 Å². The van der Waals surface area contributed by atoms with Crippen LogP contribution in [-0.4, -0.2) is 30.3 Å². The standard InChI is InChI=1S/C26H21ClN6O/c1-32-14-19(13-29-32)18-12-23-24(28-16-30-33(23)15-18)17-2-8-22(9-3-17)31-25(34)26(10-11-26)20-4-6-21(27)7-5-20/h2-9,12-16H,10-11H2,1H3,(H,31,34). The lowest BCUT2D eigenvalue weighted by molar-refractivity contribution is -0.118. The van der Waals surface area contributed by atoms with Crippen LogP contribution in [0.5, 0.6) is 0 Å². The van der Waals surface area contributed by atoms with Gasteiger partial charge in [0.25, 0.3) is 0 Å². The van der Waals surface area contributed by atoms with E-state index in [9.17, 15) is 4.79 Å². The topological polar surface area (TPSA) is 77.1 Å². The summed E-state index contributed by atoms with van der Waals surface area (Å²) < 4.78 is 3.60. The molecule has 0 unspecified atom stereocenters. The number of benzene rings is 2. The quantitative estimate of drug-likeness (QED) is 0.388. The molecule has 0 radical (unpaired) electrons. The number of nitrogens with zero attached hydrogens (tertiary/aromatic N) is 5. The van der Waals surface area contributed by atoms with Crippen molar-refractivity contribution in [2.75, 3.05) is 5.32 Å². The summed E-state index contributed by atoms with van der Waals surface area (Å²) in [6, 6.07) is 17.4. The van der Waals surface area contributed by atoms with Gasteiger partial charge in [-0.15, -0.1) is 0 Å². The van der Waals surface area contributed by atoms with E-state index in [0.29, 0.717) is 5.02 Å². The van der Waals surface area contributed by atoms with Gasteiger partial charge in [0.2, 0.25) is 5.91 Å². The predicted octanol–water partition coefficient (Wildman–Crippen LogP) is 5.12. The maximum absolute atomic E-state index is 13.1. The third-order valence-electron chi connectivity index (χ3n) is 6.44. The van der Waals surface area contributed by atoms with Crippen LogP contribution in [0.3, 0.4) is 0 Å². The zero-order chi connectivity index (χ0) is 23.3. The molecule has 34 heavy (non-hydrogen) atoms. The van der Waals surface area contributed by atoms with Gasteiger partial charge in [-0.05, 0) is 48.7 Å². The Kier molecular flexibility index (Phi) is 4.74. The number of nitrogens with one attached hydrogen (secondary N) is 1. The first-order valence-corrected chi connectivity index (χ1v) is 11.4. The number of aryl methyl sites for hydroxylation is 1. The van der Waals surface area contributed by atoms with E-state index in [4.69, 9.17) is 11.6 Å². The number of hydrogen-bond donors (Lipinski definition) is 1. The molecule has 3 heterocycles. The van der Waals surface area contributed by atoms with Gasteiger partial charge in [-0.25, -0.2) is 9.50 Å². The maximum atomic E-state index is 13.1. The van der Waals surface area contributed by atoms with Gasteiger partial charge in [0.05, 0.1) is 22.8 Å². The highest BCUT2D eigenvalue weighted by Gasteiger charge is 2.51. The Morgan fingerprint density at radius 2 is 1.74 bits per heavy atom. The number of amides is 1. The number of halogens is 1. The molecule has 0 spiro atoms. The molecule has 1 N–H and O–H groups in total.